The SMILES string of the molecule is COCCNc1nnc(S[C@@H]2CCCCNC2=O)s1. The molecule has 1 aromatic heterocycles. The Bertz CT molecular complexity index is 413. The predicted octanol–water partition coefficient (Wildman–Crippen LogP) is 1.36. The first-order chi connectivity index (χ1) is 9.29. The molecule has 8 heteroatoms. The minimum atomic E-state index is -0.0396. The minimum absolute atomic E-state index is 0.0396. The first kappa shape index (κ1) is 14.5. The van der Waals surface area contributed by atoms with E-state index in [2.05, 4.69) is 20.8 Å². The van der Waals surface area contributed by atoms with Crippen LogP contribution in [0.2, 0.25) is 0 Å². The van der Waals surface area contributed by atoms with E-state index in [1.807, 2.05) is 0 Å². The summed E-state index contributed by atoms with van der Waals surface area (Å²) in [6.07, 6.45) is 3.04. The van der Waals surface area contributed by atoms with Crippen LogP contribution in [0.1, 0.15) is 19.3 Å². The lowest BCUT2D eigenvalue weighted by Gasteiger charge is -2.09. The van der Waals surface area contributed by atoms with Gasteiger partial charge in [0.2, 0.25) is 11.0 Å². The van der Waals surface area contributed by atoms with Crippen molar-refractivity contribution >= 4 is 34.1 Å². The number of anilines is 1. The van der Waals surface area contributed by atoms with Crippen LogP contribution in [-0.4, -0.2) is 48.2 Å². The molecule has 1 saturated heterocycles. The monoisotopic (exact) mass is 302 g/mol. The van der Waals surface area contributed by atoms with E-state index < -0.39 is 0 Å². The Kier molecular flexibility index (Phi) is 5.87. The number of nitrogens with one attached hydrogen (secondary N) is 2. The van der Waals surface area contributed by atoms with E-state index in [-0.39, 0.29) is 11.2 Å². The largest absolute Gasteiger partial charge is 0.383 e. The van der Waals surface area contributed by atoms with E-state index in [1.165, 1.54) is 23.1 Å². The lowest BCUT2D eigenvalue weighted by atomic mass is 10.2. The van der Waals surface area contributed by atoms with Gasteiger partial charge in [-0.1, -0.05) is 29.5 Å². The van der Waals surface area contributed by atoms with Gasteiger partial charge >= 0.3 is 0 Å². The molecule has 19 heavy (non-hydrogen) atoms. The van der Waals surface area contributed by atoms with Crippen LogP contribution in [0.5, 0.6) is 0 Å². The topological polar surface area (TPSA) is 76.1 Å². The molecule has 0 radical (unpaired) electrons. The summed E-state index contributed by atoms with van der Waals surface area (Å²) in [6, 6.07) is 0. The Balaban J connectivity index is 1.86. The molecule has 0 spiro atoms. The van der Waals surface area contributed by atoms with Crippen molar-refractivity contribution in [2.24, 2.45) is 0 Å². The molecule has 0 aromatic carbocycles. The van der Waals surface area contributed by atoms with Gasteiger partial charge in [-0.25, -0.2) is 0 Å². The van der Waals surface area contributed by atoms with Gasteiger partial charge in [0.05, 0.1) is 11.9 Å². The molecule has 1 fully saturated rings. The number of hydrogen-bond donors (Lipinski definition) is 2. The van der Waals surface area contributed by atoms with Crippen molar-refractivity contribution in [1.29, 1.82) is 0 Å². The molecular formula is C11H18N4O2S2. The highest BCUT2D eigenvalue weighted by atomic mass is 32.2. The summed E-state index contributed by atoms with van der Waals surface area (Å²) in [5.74, 6) is 0.117. The number of aromatic nitrogens is 2. The number of carbonyl (C=O) groups is 1. The third-order valence-electron chi connectivity index (χ3n) is 2.72. The zero-order valence-corrected chi connectivity index (χ0v) is 12.5. The van der Waals surface area contributed by atoms with Crippen LogP contribution < -0.4 is 10.6 Å². The van der Waals surface area contributed by atoms with Crippen LogP contribution in [0.15, 0.2) is 4.34 Å². The second-order valence-electron chi connectivity index (χ2n) is 4.19. The van der Waals surface area contributed by atoms with E-state index in [9.17, 15) is 4.79 Å². The van der Waals surface area contributed by atoms with Crippen LogP contribution in [-0.2, 0) is 9.53 Å². The quantitative estimate of drug-likeness (QED) is 0.773. The number of amides is 1. The normalized spacial score (nSPS) is 19.8. The van der Waals surface area contributed by atoms with Gasteiger partial charge in [0.15, 0.2) is 4.34 Å². The number of methoxy groups -OCH3 is 1. The smallest absolute Gasteiger partial charge is 0.233 e. The van der Waals surface area contributed by atoms with E-state index in [1.54, 1.807) is 7.11 Å². The Labute approximate surface area is 120 Å². The molecule has 1 aliphatic rings. The van der Waals surface area contributed by atoms with Crippen LogP contribution in [0.4, 0.5) is 5.13 Å². The van der Waals surface area contributed by atoms with E-state index in [0.29, 0.717) is 13.2 Å². The highest BCUT2D eigenvalue weighted by Crippen LogP contribution is 2.31. The van der Waals surface area contributed by atoms with Crippen LogP contribution in [0, 0.1) is 0 Å². The number of ether oxygens (including phenoxy) is 1. The number of hydrogen-bond acceptors (Lipinski definition) is 7. The zero-order valence-electron chi connectivity index (χ0n) is 10.8. The summed E-state index contributed by atoms with van der Waals surface area (Å²) in [7, 11) is 1.66. The highest BCUT2D eigenvalue weighted by molar-refractivity contribution is 8.02. The van der Waals surface area contributed by atoms with Gasteiger partial charge in [0.1, 0.15) is 0 Å². The molecule has 1 aliphatic heterocycles. The lowest BCUT2D eigenvalue weighted by Crippen LogP contribution is -2.30. The summed E-state index contributed by atoms with van der Waals surface area (Å²) in [6.45, 7) is 2.13. The molecule has 1 amide bonds. The first-order valence-electron chi connectivity index (χ1n) is 6.30. The summed E-state index contributed by atoms with van der Waals surface area (Å²) >= 11 is 2.99. The Morgan fingerprint density at radius 2 is 2.42 bits per heavy atom. The van der Waals surface area contributed by atoms with Gasteiger partial charge in [0.25, 0.3) is 0 Å². The third-order valence-corrected chi connectivity index (χ3v) is 4.95. The van der Waals surface area contributed by atoms with E-state index in [0.717, 1.165) is 35.3 Å². The van der Waals surface area contributed by atoms with Crippen molar-refractivity contribution < 1.29 is 9.53 Å². The summed E-state index contributed by atoms with van der Waals surface area (Å²) in [5, 5.41) is 14.9. The number of thioether (sulfide) groups is 1. The van der Waals surface area contributed by atoms with E-state index in [4.69, 9.17) is 4.74 Å². The number of rotatable bonds is 6. The Hall–Kier alpha value is -0.860. The van der Waals surface area contributed by atoms with Crippen LogP contribution in [0.25, 0.3) is 0 Å². The predicted molar refractivity (Wildman–Crippen MR) is 76.8 cm³/mol. The second-order valence-corrected chi connectivity index (χ2v) is 6.61. The molecule has 1 aromatic rings. The molecule has 0 bridgehead atoms. The number of nitrogens with zero attached hydrogens (tertiary/aromatic N) is 2. The fourth-order valence-corrected chi connectivity index (χ4v) is 3.82. The van der Waals surface area contributed by atoms with Gasteiger partial charge in [-0.15, -0.1) is 10.2 Å². The standard InChI is InChI=1S/C11H18N4O2S2/c1-17-7-6-13-10-14-15-11(19-10)18-8-4-2-3-5-12-9(8)16/h8H,2-7H2,1H3,(H,12,16)(H,13,14)/t8-/m1/s1. The molecule has 0 aliphatic carbocycles. The fourth-order valence-electron chi connectivity index (χ4n) is 1.73. The van der Waals surface area contributed by atoms with Crippen molar-refractivity contribution in [2.45, 2.75) is 28.9 Å². The van der Waals surface area contributed by atoms with Gasteiger partial charge in [-0.2, -0.15) is 0 Å². The molecule has 2 rings (SSSR count). The van der Waals surface area contributed by atoms with Gasteiger partial charge in [-0.3, -0.25) is 4.79 Å². The fraction of sp³-hybridized carbons (Fsp3) is 0.727. The van der Waals surface area contributed by atoms with Crippen LogP contribution >= 0.6 is 23.1 Å². The van der Waals surface area contributed by atoms with Crippen molar-refractivity contribution in [3.05, 3.63) is 0 Å². The average molecular weight is 302 g/mol. The molecule has 2 heterocycles. The summed E-state index contributed by atoms with van der Waals surface area (Å²) < 4.78 is 5.79. The Morgan fingerprint density at radius 1 is 1.53 bits per heavy atom. The van der Waals surface area contributed by atoms with Crippen molar-refractivity contribution in [3.63, 3.8) is 0 Å². The molecule has 0 saturated carbocycles. The summed E-state index contributed by atoms with van der Waals surface area (Å²) in [4.78, 5) is 11.8. The second kappa shape index (κ2) is 7.66. The maximum atomic E-state index is 11.8. The zero-order chi connectivity index (χ0) is 13.5. The van der Waals surface area contributed by atoms with Gasteiger partial charge in [-0.05, 0) is 12.8 Å². The molecule has 1 atom stereocenters. The van der Waals surface area contributed by atoms with Gasteiger partial charge < -0.3 is 15.4 Å². The molecular weight excluding hydrogens is 284 g/mol. The molecule has 6 nitrogen and oxygen atoms in total. The molecule has 106 valence electrons. The van der Waals surface area contributed by atoms with Gasteiger partial charge in [0, 0.05) is 20.2 Å². The average Bonchev–Trinajstić information content (AvgIpc) is 2.75. The molecule has 0 unspecified atom stereocenters. The summed E-state index contributed by atoms with van der Waals surface area (Å²) in [5.41, 5.74) is 0. The third kappa shape index (κ3) is 4.63. The minimum Gasteiger partial charge on any atom is -0.383 e. The van der Waals surface area contributed by atoms with Crippen molar-refractivity contribution in [1.82, 2.24) is 15.5 Å². The van der Waals surface area contributed by atoms with Crippen molar-refractivity contribution in [3.8, 4) is 0 Å². The van der Waals surface area contributed by atoms with Crippen LogP contribution in [0.3, 0.4) is 0 Å². The number of carbonyl (C=O) groups excluding carboxylic acids is 1. The highest BCUT2D eigenvalue weighted by Gasteiger charge is 2.23. The molecule has 2 N–H and O–H groups in total. The first-order valence-corrected chi connectivity index (χ1v) is 8.00. The maximum Gasteiger partial charge on any atom is 0.233 e. The van der Waals surface area contributed by atoms with E-state index >= 15 is 0 Å². The maximum absolute atomic E-state index is 11.8. The van der Waals surface area contributed by atoms with Crippen molar-refractivity contribution in [2.75, 3.05) is 32.1 Å². The lowest BCUT2D eigenvalue weighted by molar-refractivity contribution is -0.120. The Morgan fingerprint density at radius 3 is 3.26 bits per heavy atom.